The van der Waals surface area contributed by atoms with Crippen LogP contribution in [0.2, 0.25) is 0 Å². The summed E-state index contributed by atoms with van der Waals surface area (Å²) in [5, 5.41) is 3.59. The molecule has 0 atom stereocenters. The SMILES string of the molecule is Cc1cc(N)ccc1NC(=O)CCSC1CCOCC1. The van der Waals surface area contributed by atoms with Crippen LogP contribution in [-0.2, 0) is 9.53 Å². The smallest absolute Gasteiger partial charge is 0.225 e. The Kier molecular flexibility index (Phi) is 5.73. The number of anilines is 2. The highest BCUT2D eigenvalue weighted by Crippen LogP contribution is 2.23. The fourth-order valence-electron chi connectivity index (χ4n) is 2.20. The number of carbonyl (C=O) groups is 1. The normalized spacial score (nSPS) is 16.1. The summed E-state index contributed by atoms with van der Waals surface area (Å²) in [6.07, 6.45) is 2.75. The summed E-state index contributed by atoms with van der Waals surface area (Å²) in [5.74, 6) is 0.933. The largest absolute Gasteiger partial charge is 0.399 e. The molecule has 1 aromatic rings. The van der Waals surface area contributed by atoms with Crippen LogP contribution >= 0.6 is 11.8 Å². The van der Waals surface area contributed by atoms with Crippen LogP contribution in [0.15, 0.2) is 18.2 Å². The average molecular weight is 294 g/mol. The van der Waals surface area contributed by atoms with Gasteiger partial charge in [0, 0.05) is 42.0 Å². The van der Waals surface area contributed by atoms with Crippen LogP contribution in [0.25, 0.3) is 0 Å². The zero-order valence-corrected chi connectivity index (χ0v) is 12.7. The third-order valence-electron chi connectivity index (χ3n) is 3.38. The van der Waals surface area contributed by atoms with Crippen molar-refractivity contribution in [3.05, 3.63) is 23.8 Å². The van der Waals surface area contributed by atoms with E-state index in [0.29, 0.717) is 11.7 Å². The maximum atomic E-state index is 11.9. The van der Waals surface area contributed by atoms with Crippen molar-refractivity contribution in [1.29, 1.82) is 0 Å². The molecule has 0 unspecified atom stereocenters. The molecule has 1 aliphatic heterocycles. The number of aryl methyl sites for hydroxylation is 1. The van der Waals surface area contributed by atoms with Gasteiger partial charge in [-0.25, -0.2) is 0 Å². The molecule has 110 valence electrons. The maximum Gasteiger partial charge on any atom is 0.225 e. The van der Waals surface area contributed by atoms with E-state index in [1.165, 1.54) is 0 Å². The Morgan fingerprint density at radius 1 is 1.45 bits per heavy atom. The first kappa shape index (κ1) is 15.2. The molecule has 2 rings (SSSR count). The van der Waals surface area contributed by atoms with Crippen LogP contribution < -0.4 is 11.1 Å². The van der Waals surface area contributed by atoms with Crippen LogP contribution in [0.3, 0.4) is 0 Å². The molecule has 20 heavy (non-hydrogen) atoms. The number of nitrogens with one attached hydrogen (secondary N) is 1. The number of hydrogen-bond donors (Lipinski definition) is 2. The summed E-state index contributed by atoms with van der Waals surface area (Å²) in [7, 11) is 0. The van der Waals surface area contributed by atoms with Crippen molar-refractivity contribution < 1.29 is 9.53 Å². The van der Waals surface area contributed by atoms with E-state index < -0.39 is 0 Å². The summed E-state index contributed by atoms with van der Waals surface area (Å²) in [6, 6.07) is 5.53. The highest BCUT2D eigenvalue weighted by molar-refractivity contribution is 7.99. The molecule has 0 aromatic heterocycles. The van der Waals surface area contributed by atoms with E-state index in [0.717, 1.165) is 48.7 Å². The Bertz CT molecular complexity index is 459. The van der Waals surface area contributed by atoms with Crippen molar-refractivity contribution >= 4 is 29.0 Å². The number of carbonyl (C=O) groups excluding carboxylic acids is 1. The second-order valence-corrected chi connectivity index (χ2v) is 6.46. The van der Waals surface area contributed by atoms with Gasteiger partial charge in [-0.15, -0.1) is 0 Å². The quantitative estimate of drug-likeness (QED) is 0.820. The Morgan fingerprint density at radius 2 is 2.20 bits per heavy atom. The van der Waals surface area contributed by atoms with Gasteiger partial charge in [-0.2, -0.15) is 11.8 Å². The molecular weight excluding hydrogens is 272 g/mol. The number of amides is 1. The van der Waals surface area contributed by atoms with Gasteiger partial charge in [0.1, 0.15) is 0 Å². The van der Waals surface area contributed by atoms with E-state index in [1.54, 1.807) is 6.07 Å². The van der Waals surface area contributed by atoms with E-state index in [2.05, 4.69) is 5.32 Å². The molecule has 0 bridgehead atoms. The van der Waals surface area contributed by atoms with Gasteiger partial charge in [0.15, 0.2) is 0 Å². The molecule has 5 heteroatoms. The average Bonchev–Trinajstić information content (AvgIpc) is 2.43. The fraction of sp³-hybridized carbons (Fsp3) is 0.533. The molecule has 4 nitrogen and oxygen atoms in total. The predicted octanol–water partition coefficient (Wildman–Crippen LogP) is 2.82. The number of hydrogen-bond acceptors (Lipinski definition) is 4. The van der Waals surface area contributed by atoms with E-state index >= 15 is 0 Å². The van der Waals surface area contributed by atoms with Gasteiger partial charge < -0.3 is 15.8 Å². The number of nitrogen functional groups attached to an aromatic ring is 1. The number of thioether (sulfide) groups is 1. The van der Waals surface area contributed by atoms with E-state index in [4.69, 9.17) is 10.5 Å². The second-order valence-electron chi connectivity index (χ2n) is 5.06. The Balaban J connectivity index is 1.72. The standard InChI is InChI=1S/C15H22N2O2S/c1-11-10-12(16)2-3-14(11)17-15(18)6-9-20-13-4-7-19-8-5-13/h2-3,10,13H,4-9,16H2,1H3,(H,17,18). The maximum absolute atomic E-state index is 11.9. The molecule has 1 amide bonds. The second kappa shape index (κ2) is 7.55. The van der Waals surface area contributed by atoms with E-state index in [-0.39, 0.29) is 5.91 Å². The fourth-order valence-corrected chi connectivity index (χ4v) is 3.36. The molecule has 3 N–H and O–H groups in total. The van der Waals surface area contributed by atoms with Crippen LogP contribution in [0, 0.1) is 6.92 Å². The lowest BCUT2D eigenvalue weighted by Crippen LogP contribution is -2.19. The summed E-state index contributed by atoms with van der Waals surface area (Å²) in [5.41, 5.74) is 8.26. The molecule has 1 aliphatic rings. The van der Waals surface area contributed by atoms with Crippen LogP contribution in [0.4, 0.5) is 11.4 Å². The molecule has 0 saturated carbocycles. The first-order chi connectivity index (χ1) is 9.65. The van der Waals surface area contributed by atoms with Gasteiger partial charge in [-0.3, -0.25) is 4.79 Å². The van der Waals surface area contributed by atoms with Gasteiger partial charge in [-0.05, 0) is 43.5 Å². The Morgan fingerprint density at radius 3 is 2.90 bits per heavy atom. The van der Waals surface area contributed by atoms with Crippen molar-refractivity contribution in [2.24, 2.45) is 0 Å². The molecular formula is C15H22N2O2S. The van der Waals surface area contributed by atoms with Crippen molar-refractivity contribution in [2.75, 3.05) is 30.0 Å². The third-order valence-corrected chi connectivity index (χ3v) is 4.76. The molecule has 1 heterocycles. The number of ether oxygens (including phenoxy) is 1. The molecule has 1 fully saturated rings. The van der Waals surface area contributed by atoms with E-state index in [1.807, 2.05) is 30.8 Å². The van der Waals surface area contributed by atoms with Crippen LogP contribution in [0.5, 0.6) is 0 Å². The van der Waals surface area contributed by atoms with Gasteiger partial charge in [0.2, 0.25) is 5.91 Å². The number of benzene rings is 1. The number of nitrogens with two attached hydrogens (primary N) is 1. The predicted molar refractivity (Wildman–Crippen MR) is 85.1 cm³/mol. The van der Waals surface area contributed by atoms with Gasteiger partial charge >= 0.3 is 0 Å². The third kappa shape index (κ3) is 4.72. The Hall–Kier alpha value is -1.20. The summed E-state index contributed by atoms with van der Waals surface area (Å²) in [4.78, 5) is 11.9. The molecule has 1 saturated heterocycles. The van der Waals surface area contributed by atoms with Gasteiger partial charge in [0.05, 0.1) is 0 Å². The highest BCUT2D eigenvalue weighted by atomic mass is 32.2. The minimum absolute atomic E-state index is 0.0671. The monoisotopic (exact) mass is 294 g/mol. The summed E-state index contributed by atoms with van der Waals surface area (Å²) in [6.45, 7) is 3.66. The summed E-state index contributed by atoms with van der Waals surface area (Å²) >= 11 is 1.88. The lowest BCUT2D eigenvalue weighted by molar-refractivity contribution is -0.115. The summed E-state index contributed by atoms with van der Waals surface area (Å²) < 4.78 is 5.33. The van der Waals surface area contributed by atoms with Gasteiger partial charge in [-0.1, -0.05) is 0 Å². The van der Waals surface area contributed by atoms with Crippen molar-refractivity contribution in [2.45, 2.75) is 31.4 Å². The van der Waals surface area contributed by atoms with Crippen molar-refractivity contribution in [1.82, 2.24) is 0 Å². The minimum atomic E-state index is 0.0671. The molecule has 0 aliphatic carbocycles. The topological polar surface area (TPSA) is 64.3 Å². The van der Waals surface area contributed by atoms with Crippen LogP contribution in [-0.4, -0.2) is 30.1 Å². The molecule has 0 radical (unpaired) electrons. The van der Waals surface area contributed by atoms with Crippen LogP contribution in [0.1, 0.15) is 24.8 Å². The van der Waals surface area contributed by atoms with Crippen molar-refractivity contribution in [3.63, 3.8) is 0 Å². The lowest BCUT2D eigenvalue weighted by atomic mass is 10.2. The van der Waals surface area contributed by atoms with Crippen molar-refractivity contribution in [3.8, 4) is 0 Å². The highest BCUT2D eigenvalue weighted by Gasteiger charge is 2.14. The molecule has 1 aromatic carbocycles. The van der Waals surface area contributed by atoms with Gasteiger partial charge in [0.25, 0.3) is 0 Å². The zero-order chi connectivity index (χ0) is 14.4. The Labute approximate surface area is 124 Å². The lowest BCUT2D eigenvalue weighted by Gasteiger charge is -2.21. The zero-order valence-electron chi connectivity index (χ0n) is 11.9. The van der Waals surface area contributed by atoms with E-state index in [9.17, 15) is 4.79 Å². The first-order valence-corrected chi connectivity index (χ1v) is 8.05. The minimum Gasteiger partial charge on any atom is -0.399 e. The number of rotatable bonds is 5. The molecule has 0 spiro atoms. The first-order valence-electron chi connectivity index (χ1n) is 7.00.